The van der Waals surface area contributed by atoms with Crippen molar-refractivity contribution in [3.63, 3.8) is 0 Å². The monoisotopic (exact) mass is 302 g/mol. The molecule has 0 bridgehead atoms. The lowest BCUT2D eigenvalue weighted by Gasteiger charge is -2.34. The van der Waals surface area contributed by atoms with Crippen molar-refractivity contribution in [3.8, 4) is 0 Å². The van der Waals surface area contributed by atoms with Crippen molar-refractivity contribution in [2.45, 2.75) is 38.6 Å². The Balaban J connectivity index is 2.21. The first-order valence-corrected chi connectivity index (χ1v) is 7.34. The minimum Gasteiger partial charge on any atom is -0.355 e. The maximum atomic E-state index is 6.24. The molecule has 1 aliphatic rings. The topological polar surface area (TPSA) is 54.2 Å². The summed E-state index contributed by atoms with van der Waals surface area (Å²) in [6.07, 6.45) is 4.85. The lowest BCUT2D eigenvalue weighted by atomic mass is 9.87. The van der Waals surface area contributed by atoms with E-state index in [2.05, 4.69) is 22.2 Å². The van der Waals surface area contributed by atoms with Gasteiger partial charge in [0.05, 0.1) is 10.0 Å². The standard InChI is InChI=1S/C13H20Cl2N4/c1-8-3-5-9(6-4-8)19(2)13-11(15)7-10(14)12(17-13)18-16/h7-9H,3-6,16H2,1-2H3,(H,17,18). The number of anilines is 2. The Hall–Kier alpha value is -0.710. The fourth-order valence-corrected chi connectivity index (χ4v) is 3.15. The fraction of sp³-hybridized carbons (Fsp3) is 0.615. The van der Waals surface area contributed by atoms with Crippen molar-refractivity contribution < 1.29 is 0 Å². The lowest BCUT2D eigenvalue weighted by molar-refractivity contribution is 0.340. The molecule has 3 N–H and O–H groups in total. The Bertz CT molecular complexity index is 445. The van der Waals surface area contributed by atoms with Gasteiger partial charge in [-0.2, -0.15) is 0 Å². The average Bonchev–Trinajstić information content (AvgIpc) is 2.39. The molecule has 1 saturated carbocycles. The van der Waals surface area contributed by atoms with Crippen molar-refractivity contribution >= 4 is 34.8 Å². The van der Waals surface area contributed by atoms with Gasteiger partial charge >= 0.3 is 0 Å². The molecule has 0 aliphatic heterocycles. The number of nitrogens with one attached hydrogen (secondary N) is 1. The van der Waals surface area contributed by atoms with Crippen LogP contribution in [0, 0.1) is 5.92 Å². The van der Waals surface area contributed by atoms with E-state index in [0.717, 1.165) is 11.7 Å². The Kier molecular flexibility index (Phi) is 4.76. The van der Waals surface area contributed by atoms with Crippen LogP contribution in [0.4, 0.5) is 11.6 Å². The first-order valence-electron chi connectivity index (χ1n) is 6.58. The summed E-state index contributed by atoms with van der Waals surface area (Å²) >= 11 is 12.2. The van der Waals surface area contributed by atoms with E-state index in [1.807, 2.05) is 7.05 Å². The summed E-state index contributed by atoms with van der Waals surface area (Å²) < 4.78 is 0. The maximum absolute atomic E-state index is 6.24. The number of nitrogens with two attached hydrogens (primary N) is 1. The van der Waals surface area contributed by atoms with E-state index >= 15 is 0 Å². The van der Waals surface area contributed by atoms with Crippen LogP contribution in [0.15, 0.2) is 6.07 Å². The van der Waals surface area contributed by atoms with Gasteiger partial charge in [-0.25, -0.2) is 10.8 Å². The molecule has 0 atom stereocenters. The smallest absolute Gasteiger partial charge is 0.161 e. The van der Waals surface area contributed by atoms with E-state index in [4.69, 9.17) is 29.0 Å². The van der Waals surface area contributed by atoms with Crippen LogP contribution in [-0.2, 0) is 0 Å². The molecule has 0 unspecified atom stereocenters. The lowest BCUT2D eigenvalue weighted by Crippen LogP contribution is -2.35. The predicted molar refractivity (Wildman–Crippen MR) is 81.9 cm³/mol. The molecule has 0 spiro atoms. The summed E-state index contributed by atoms with van der Waals surface area (Å²) in [6, 6.07) is 2.16. The minimum atomic E-state index is 0.432. The fourth-order valence-electron chi connectivity index (χ4n) is 2.61. The molecule has 1 aromatic heterocycles. The number of hydrogen-bond acceptors (Lipinski definition) is 4. The van der Waals surface area contributed by atoms with Crippen LogP contribution in [0.3, 0.4) is 0 Å². The van der Waals surface area contributed by atoms with Gasteiger partial charge in [-0.1, -0.05) is 30.1 Å². The molecular weight excluding hydrogens is 283 g/mol. The quantitative estimate of drug-likeness (QED) is 0.660. The number of hydrogen-bond donors (Lipinski definition) is 2. The molecule has 0 aromatic carbocycles. The first-order chi connectivity index (χ1) is 9.02. The average molecular weight is 303 g/mol. The molecule has 6 heteroatoms. The number of nitrogen functional groups attached to an aromatic ring is 1. The third-order valence-electron chi connectivity index (χ3n) is 3.91. The largest absolute Gasteiger partial charge is 0.355 e. The molecule has 1 aliphatic carbocycles. The number of aromatic nitrogens is 1. The Labute approximate surface area is 124 Å². The third-order valence-corrected chi connectivity index (χ3v) is 4.48. The first kappa shape index (κ1) is 14.7. The van der Waals surface area contributed by atoms with Gasteiger partial charge in [-0.05, 0) is 37.7 Å². The molecule has 1 fully saturated rings. The number of pyridine rings is 1. The highest BCUT2D eigenvalue weighted by Gasteiger charge is 2.24. The van der Waals surface area contributed by atoms with Gasteiger partial charge in [0, 0.05) is 13.1 Å². The zero-order chi connectivity index (χ0) is 14.0. The van der Waals surface area contributed by atoms with Gasteiger partial charge < -0.3 is 10.3 Å². The minimum absolute atomic E-state index is 0.432. The van der Waals surface area contributed by atoms with Crippen molar-refractivity contribution in [2.75, 3.05) is 17.4 Å². The molecule has 0 amide bonds. The summed E-state index contributed by atoms with van der Waals surface area (Å²) in [5, 5.41) is 0.993. The van der Waals surface area contributed by atoms with Crippen molar-refractivity contribution in [1.29, 1.82) is 0 Å². The van der Waals surface area contributed by atoms with Gasteiger partial charge in [0.25, 0.3) is 0 Å². The molecule has 2 rings (SSSR count). The molecular formula is C13H20Cl2N4. The second kappa shape index (κ2) is 6.16. The van der Waals surface area contributed by atoms with Crippen LogP contribution in [0.2, 0.25) is 10.0 Å². The van der Waals surface area contributed by atoms with E-state index in [1.54, 1.807) is 6.07 Å². The molecule has 0 saturated heterocycles. The summed E-state index contributed by atoms with van der Waals surface area (Å²) in [6.45, 7) is 2.31. The highest BCUT2D eigenvalue weighted by Crippen LogP contribution is 2.34. The van der Waals surface area contributed by atoms with E-state index in [-0.39, 0.29) is 0 Å². The summed E-state index contributed by atoms with van der Waals surface area (Å²) in [4.78, 5) is 6.55. The number of halogens is 2. The predicted octanol–water partition coefficient (Wildman–Crippen LogP) is 3.69. The highest BCUT2D eigenvalue weighted by molar-refractivity contribution is 6.37. The molecule has 0 radical (unpaired) electrons. The van der Waals surface area contributed by atoms with Crippen LogP contribution in [-0.4, -0.2) is 18.1 Å². The Morgan fingerprint density at radius 3 is 2.47 bits per heavy atom. The normalized spacial score (nSPS) is 23.2. The molecule has 1 aromatic rings. The Morgan fingerprint density at radius 2 is 1.89 bits per heavy atom. The van der Waals surface area contributed by atoms with Gasteiger partial charge in [0.1, 0.15) is 5.82 Å². The van der Waals surface area contributed by atoms with Gasteiger partial charge in [-0.15, -0.1) is 0 Å². The van der Waals surface area contributed by atoms with Crippen molar-refractivity contribution in [1.82, 2.24) is 4.98 Å². The van der Waals surface area contributed by atoms with Crippen LogP contribution in [0.5, 0.6) is 0 Å². The summed E-state index contributed by atoms with van der Waals surface area (Å²) in [5.74, 6) is 7.42. The van der Waals surface area contributed by atoms with Gasteiger partial charge in [-0.3, -0.25) is 0 Å². The van der Waals surface area contributed by atoms with Gasteiger partial charge in [0.15, 0.2) is 5.82 Å². The highest BCUT2D eigenvalue weighted by atomic mass is 35.5. The van der Waals surface area contributed by atoms with E-state index in [0.29, 0.717) is 21.9 Å². The van der Waals surface area contributed by atoms with E-state index in [9.17, 15) is 0 Å². The zero-order valence-electron chi connectivity index (χ0n) is 11.3. The van der Waals surface area contributed by atoms with Crippen LogP contribution >= 0.6 is 23.2 Å². The summed E-state index contributed by atoms with van der Waals surface area (Å²) in [5.41, 5.74) is 2.50. The second-order valence-corrected chi connectivity index (χ2v) is 6.11. The van der Waals surface area contributed by atoms with Crippen LogP contribution in [0.1, 0.15) is 32.6 Å². The van der Waals surface area contributed by atoms with Crippen molar-refractivity contribution in [2.24, 2.45) is 11.8 Å². The van der Waals surface area contributed by atoms with Crippen molar-refractivity contribution in [3.05, 3.63) is 16.1 Å². The molecule has 4 nitrogen and oxygen atoms in total. The second-order valence-electron chi connectivity index (χ2n) is 5.29. The summed E-state index contributed by atoms with van der Waals surface area (Å²) in [7, 11) is 2.03. The number of nitrogens with zero attached hydrogens (tertiary/aromatic N) is 2. The molecule has 19 heavy (non-hydrogen) atoms. The third kappa shape index (κ3) is 3.25. The van der Waals surface area contributed by atoms with Crippen LogP contribution in [0.25, 0.3) is 0 Å². The molecule has 1 heterocycles. The number of rotatable bonds is 3. The Morgan fingerprint density at radius 1 is 1.26 bits per heavy atom. The van der Waals surface area contributed by atoms with E-state index in [1.165, 1.54) is 25.7 Å². The van der Waals surface area contributed by atoms with Gasteiger partial charge in [0.2, 0.25) is 0 Å². The van der Waals surface area contributed by atoms with E-state index < -0.39 is 0 Å². The molecule has 106 valence electrons. The maximum Gasteiger partial charge on any atom is 0.161 e. The SMILES string of the molecule is CC1CCC(N(C)c2nc(NN)c(Cl)cc2Cl)CC1. The zero-order valence-corrected chi connectivity index (χ0v) is 12.8. The number of hydrazine groups is 1. The van der Waals surface area contributed by atoms with Crippen LogP contribution < -0.4 is 16.2 Å².